The van der Waals surface area contributed by atoms with Gasteiger partial charge in [0.1, 0.15) is 5.75 Å². The van der Waals surface area contributed by atoms with Gasteiger partial charge in [0, 0.05) is 8.95 Å². The maximum absolute atomic E-state index is 12.3. The maximum atomic E-state index is 12.3. The van der Waals surface area contributed by atoms with Gasteiger partial charge in [0.2, 0.25) is 0 Å². The van der Waals surface area contributed by atoms with Crippen LogP contribution in [0.25, 0.3) is 0 Å². The molecule has 112 valence electrons. The molecule has 0 amide bonds. The van der Waals surface area contributed by atoms with Gasteiger partial charge in [0.25, 0.3) is 0 Å². The van der Waals surface area contributed by atoms with Crippen LogP contribution in [0, 0.1) is 6.92 Å². The van der Waals surface area contributed by atoms with Crippen LogP contribution in [0.5, 0.6) is 5.75 Å². The van der Waals surface area contributed by atoms with Gasteiger partial charge in [-0.1, -0.05) is 44.0 Å². The molecule has 2 aromatic rings. The van der Waals surface area contributed by atoms with Crippen LogP contribution in [0.15, 0.2) is 45.3 Å². The number of ether oxygens (including phenoxy) is 1. The van der Waals surface area contributed by atoms with Crippen LogP contribution >= 0.6 is 31.9 Å². The zero-order valence-corrected chi connectivity index (χ0v) is 14.3. The van der Waals surface area contributed by atoms with Crippen molar-refractivity contribution in [3.8, 4) is 5.75 Å². The summed E-state index contributed by atoms with van der Waals surface area (Å²) in [6, 6.07) is 9.86. The molecule has 6 heteroatoms. The summed E-state index contributed by atoms with van der Waals surface area (Å²) in [5.41, 5.74) is 8.88. The zero-order chi connectivity index (χ0) is 15.6. The van der Waals surface area contributed by atoms with E-state index in [0.29, 0.717) is 5.56 Å². The summed E-state index contributed by atoms with van der Waals surface area (Å²) in [7, 11) is 0. The van der Waals surface area contributed by atoms with E-state index in [1.54, 1.807) is 12.1 Å². The van der Waals surface area contributed by atoms with Gasteiger partial charge in [-0.05, 0) is 47.9 Å². The Kier molecular flexibility index (Phi) is 5.35. The topological polar surface area (TPSA) is 35.2 Å². The van der Waals surface area contributed by atoms with Crippen molar-refractivity contribution < 1.29 is 13.5 Å². The Labute approximate surface area is 138 Å². The van der Waals surface area contributed by atoms with Crippen molar-refractivity contribution in [1.82, 2.24) is 0 Å². The summed E-state index contributed by atoms with van der Waals surface area (Å²) < 4.78 is 30.8. The molecule has 0 aliphatic heterocycles. The number of hydrogen-bond donors (Lipinski definition) is 1. The molecule has 0 saturated heterocycles. The van der Waals surface area contributed by atoms with Crippen molar-refractivity contribution in [3.63, 3.8) is 0 Å². The first kappa shape index (κ1) is 16.4. The predicted octanol–water partition coefficient (Wildman–Crippen LogP) is 5.17. The second-order valence-electron chi connectivity index (χ2n) is 4.55. The van der Waals surface area contributed by atoms with Crippen LogP contribution in [-0.2, 0) is 0 Å². The predicted molar refractivity (Wildman–Crippen MR) is 85.7 cm³/mol. The Morgan fingerprint density at radius 1 is 1.10 bits per heavy atom. The van der Waals surface area contributed by atoms with Gasteiger partial charge in [-0.2, -0.15) is 8.78 Å². The van der Waals surface area contributed by atoms with Crippen molar-refractivity contribution in [2.75, 3.05) is 0 Å². The molecule has 0 aromatic heterocycles. The third-order valence-electron chi connectivity index (χ3n) is 3.06. The molecule has 0 aliphatic carbocycles. The Morgan fingerprint density at radius 3 is 2.48 bits per heavy atom. The Bertz CT molecular complexity index is 650. The van der Waals surface area contributed by atoms with E-state index < -0.39 is 12.7 Å². The maximum Gasteiger partial charge on any atom is 0.387 e. The number of alkyl halides is 2. The van der Waals surface area contributed by atoms with Crippen molar-refractivity contribution in [1.29, 1.82) is 0 Å². The van der Waals surface area contributed by atoms with Crippen LogP contribution < -0.4 is 10.5 Å². The molecule has 2 rings (SSSR count). The summed E-state index contributed by atoms with van der Waals surface area (Å²) in [5.74, 6) is 0.0975. The van der Waals surface area contributed by atoms with Crippen LogP contribution in [0.4, 0.5) is 8.78 Å². The molecular weight excluding hydrogens is 408 g/mol. The Morgan fingerprint density at radius 2 is 1.81 bits per heavy atom. The lowest BCUT2D eigenvalue weighted by Crippen LogP contribution is -2.13. The average Bonchev–Trinajstić information content (AvgIpc) is 2.41. The minimum absolute atomic E-state index is 0.0975. The molecule has 0 heterocycles. The molecule has 1 unspecified atom stereocenters. The summed E-state index contributed by atoms with van der Waals surface area (Å²) in [6.45, 7) is -0.877. The highest BCUT2D eigenvalue weighted by atomic mass is 79.9. The molecule has 2 nitrogen and oxygen atoms in total. The fourth-order valence-electron chi connectivity index (χ4n) is 1.96. The van der Waals surface area contributed by atoms with E-state index in [-0.39, 0.29) is 5.75 Å². The lowest BCUT2D eigenvalue weighted by molar-refractivity contribution is -0.0498. The highest BCUT2D eigenvalue weighted by Gasteiger charge is 2.15. The number of halogens is 4. The molecule has 0 saturated carbocycles. The molecule has 2 N–H and O–H groups in total. The number of benzene rings is 2. The molecule has 1 atom stereocenters. The zero-order valence-electron chi connectivity index (χ0n) is 11.1. The van der Waals surface area contributed by atoms with Gasteiger partial charge in [0.05, 0.1) is 6.04 Å². The first-order valence-corrected chi connectivity index (χ1v) is 7.73. The van der Waals surface area contributed by atoms with Crippen LogP contribution in [0.1, 0.15) is 22.7 Å². The molecule has 0 bridgehead atoms. The third kappa shape index (κ3) is 4.02. The van der Waals surface area contributed by atoms with Crippen molar-refractivity contribution >= 4 is 31.9 Å². The third-order valence-corrected chi connectivity index (χ3v) is 4.60. The largest absolute Gasteiger partial charge is 0.435 e. The first-order valence-electron chi connectivity index (χ1n) is 6.14. The molecule has 0 radical (unpaired) electrons. The van der Waals surface area contributed by atoms with Gasteiger partial charge < -0.3 is 10.5 Å². The van der Waals surface area contributed by atoms with Crippen LogP contribution in [0.3, 0.4) is 0 Å². The number of nitrogens with two attached hydrogens (primary N) is 1. The second-order valence-corrected chi connectivity index (χ2v) is 6.26. The highest BCUT2D eigenvalue weighted by Crippen LogP contribution is 2.32. The minimum Gasteiger partial charge on any atom is -0.435 e. The normalized spacial score (nSPS) is 12.5. The van der Waals surface area contributed by atoms with Crippen LogP contribution in [0.2, 0.25) is 0 Å². The minimum atomic E-state index is -2.85. The van der Waals surface area contributed by atoms with Gasteiger partial charge in [-0.25, -0.2) is 0 Å². The quantitative estimate of drug-likeness (QED) is 0.740. The van der Waals surface area contributed by atoms with E-state index >= 15 is 0 Å². The number of aryl methyl sites for hydroxylation is 1. The number of rotatable bonds is 4. The fraction of sp³-hybridized carbons (Fsp3) is 0.200. The first-order chi connectivity index (χ1) is 9.88. The van der Waals surface area contributed by atoms with Crippen molar-refractivity contribution in [3.05, 3.63) is 62.0 Å². The molecule has 0 aliphatic rings. The highest BCUT2D eigenvalue weighted by molar-refractivity contribution is 9.11. The van der Waals surface area contributed by atoms with E-state index in [1.165, 1.54) is 12.1 Å². The summed E-state index contributed by atoms with van der Waals surface area (Å²) >= 11 is 6.95. The smallest absolute Gasteiger partial charge is 0.387 e. The van der Waals surface area contributed by atoms with Gasteiger partial charge >= 0.3 is 6.61 Å². The van der Waals surface area contributed by atoms with E-state index in [2.05, 4.69) is 36.6 Å². The van der Waals surface area contributed by atoms with Gasteiger partial charge in [-0.15, -0.1) is 0 Å². The van der Waals surface area contributed by atoms with E-state index in [0.717, 1.165) is 20.1 Å². The second kappa shape index (κ2) is 6.85. The lowest BCUT2D eigenvalue weighted by Gasteiger charge is -2.17. The Balaban J connectivity index is 2.36. The summed E-state index contributed by atoms with van der Waals surface area (Å²) in [6.07, 6.45) is 0. The van der Waals surface area contributed by atoms with Crippen LogP contribution in [-0.4, -0.2) is 6.61 Å². The van der Waals surface area contributed by atoms with E-state index in [1.807, 2.05) is 19.1 Å². The SMILES string of the molecule is Cc1cc(Br)c(C(N)c2cccc(OC(F)F)c2)cc1Br. The molecular formula is C15H13Br2F2NO. The van der Waals surface area contributed by atoms with Gasteiger partial charge in [-0.3, -0.25) is 0 Å². The molecule has 0 spiro atoms. The van der Waals surface area contributed by atoms with E-state index in [4.69, 9.17) is 5.73 Å². The summed E-state index contributed by atoms with van der Waals surface area (Å²) in [5, 5.41) is 0. The van der Waals surface area contributed by atoms with Gasteiger partial charge in [0.15, 0.2) is 0 Å². The molecule has 0 fully saturated rings. The fourth-order valence-corrected chi connectivity index (χ4v) is 3.03. The van der Waals surface area contributed by atoms with E-state index in [9.17, 15) is 8.78 Å². The number of hydrogen-bond acceptors (Lipinski definition) is 2. The molecule has 2 aromatic carbocycles. The summed E-state index contributed by atoms with van der Waals surface area (Å²) in [4.78, 5) is 0. The average molecular weight is 421 g/mol. The standard InChI is InChI=1S/C15H13Br2F2NO/c1-8-5-13(17)11(7-12(8)16)14(20)9-3-2-4-10(6-9)21-15(18)19/h2-7,14-15H,20H2,1H3. The lowest BCUT2D eigenvalue weighted by atomic mass is 9.98. The Hall–Kier alpha value is -0.980. The van der Waals surface area contributed by atoms with Crippen molar-refractivity contribution in [2.45, 2.75) is 19.6 Å². The molecule has 21 heavy (non-hydrogen) atoms. The monoisotopic (exact) mass is 419 g/mol. The van der Waals surface area contributed by atoms with Crippen molar-refractivity contribution in [2.24, 2.45) is 5.73 Å².